The summed E-state index contributed by atoms with van der Waals surface area (Å²) in [5.41, 5.74) is 5.51. The average Bonchev–Trinajstić information content (AvgIpc) is 2.77. The van der Waals surface area contributed by atoms with Crippen LogP contribution in [0.25, 0.3) is 0 Å². The van der Waals surface area contributed by atoms with Crippen LogP contribution in [0.15, 0.2) is 48.5 Å². The van der Waals surface area contributed by atoms with Crippen molar-refractivity contribution in [2.24, 2.45) is 5.92 Å². The molecule has 0 spiro atoms. The topological polar surface area (TPSA) is 0 Å². The van der Waals surface area contributed by atoms with Gasteiger partial charge in [-0.3, -0.25) is 0 Å². The van der Waals surface area contributed by atoms with E-state index in [9.17, 15) is 0 Å². The molecule has 0 heterocycles. The third-order valence-electron chi connectivity index (χ3n) is 6.47. The normalized spacial score (nSPS) is 18.8. The molecule has 3 rings (SSSR count). The van der Waals surface area contributed by atoms with Crippen molar-refractivity contribution in [3.05, 3.63) is 70.8 Å². The lowest BCUT2D eigenvalue weighted by Gasteiger charge is -2.26. The molecule has 0 saturated heterocycles. The number of rotatable bonds is 8. The van der Waals surface area contributed by atoms with Crippen molar-refractivity contribution in [1.82, 2.24) is 0 Å². The fraction of sp³-hybridized carbons (Fsp3) is 0.517. The molecule has 2 aromatic rings. The summed E-state index contributed by atoms with van der Waals surface area (Å²) in [6, 6.07) is 18.1. The Morgan fingerprint density at radius 1 is 0.759 bits per heavy atom. The SMILES string of the molecule is CCCCCCCCc1ccc([C@H]2CC[C@H](C#Cc3ccc(C)cc3)CC2)cc1. The summed E-state index contributed by atoms with van der Waals surface area (Å²) < 4.78 is 0. The minimum Gasteiger partial charge on any atom is -0.0945 e. The van der Waals surface area contributed by atoms with E-state index < -0.39 is 0 Å². The van der Waals surface area contributed by atoms with Crippen LogP contribution in [0.1, 0.15) is 99.3 Å². The highest BCUT2D eigenvalue weighted by Gasteiger charge is 2.21. The van der Waals surface area contributed by atoms with Gasteiger partial charge in [0, 0.05) is 11.5 Å². The minimum atomic E-state index is 0.569. The third kappa shape index (κ3) is 7.40. The fourth-order valence-corrected chi connectivity index (χ4v) is 4.46. The molecular formula is C29H38. The Labute approximate surface area is 179 Å². The van der Waals surface area contributed by atoms with Gasteiger partial charge >= 0.3 is 0 Å². The molecule has 2 aromatic carbocycles. The van der Waals surface area contributed by atoms with Gasteiger partial charge in [0.15, 0.2) is 0 Å². The van der Waals surface area contributed by atoms with Crippen LogP contribution in [-0.2, 0) is 6.42 Å². The Kier molecular flexibility index (Phi) is 8.88. The summed E-state index contributed by atoms with van der Waals surface area (Å²) in [6.07, 6.45) is 14.6. The van der Waals surface area contributed by atoms with Crippen LogP contribution < -0.4 is 0 Å². The van der Waals surface area contributed by atoms with Gasteiger partial charge in [-0.25, -0.2) is 0 Å². The highest BCUT2D eigenvalue weighted by Crippen LogP contribution is 2.35. The number of hydrogen-bond acceptors (Lipinski definition) is 0. The van der Waals surface area contributed by atoms with Gasteiger partial charge in [0.1, 0.15) is 0 Å². The van der Waals surface area contributed by atoms with Crippen molar-refractivity contribution in [1.29, 1.82) is 0 Å². The molecule has 1 fully saturated rings. The van der Waals surface area contributed by atoms with E-state index >= 15 is 0 Å². The number of aryl methyl sites for hydroxylation is 2. The molecule has 29 heavy (non-hydrogen) atoms. The Balaban J connectivity index is 1.41. The van der Waals surface area contributed by atoms with E-state index in [4.69, 9.17) is 0 Å². The first kappa shape index (κ1) is 21.7. The largest absolute Gasteiger partial charge is 0.0945 e. The lowest BCUT2D eigenvalue weighted by atomic mass is 9.78. The third-order valence-corrected chi connectivity index (χ3v) is 6.47. The Morgan fingerprint density at radius 3 is 2.10 bits per heavy atom. The van der Waals surface area contributed by atoms with Gasteiger partial charge in [-0.15, -0.1) is 0 Å². The molecule has 154 valence electrons. The molecule has 1 aliphatic rings. The molecule has 0 heteroatoms. The first-order chi connectivity index (χ1) is 14.2. The molecule has 0 N–H and O–H groups in total. The van der Waals surface area contributed by atoms with E-state index in [2.05, 4.69) is 74.2 Å². The maximum absolute atomic E-state index is 3.53. The Bertz CT molecular complexity index is 762. The summed E-state index contributed by atoms with van der Waals surface area (Å²) in [5, 5.41) is 0. The molecule has 0 aliphatic heterocycles. The zero-order valence-electron chi connectivity index (χ0n) is 18.6. The average molecular weight is 387 g/mol. The standard InChI is InChI=1S/C29H38/c1-3-4-5-6-7-8-9-25-16-20-28(21-17-25)29-22-18-27(19-23-29)15-14-26-12-10-24(2)11-13-26/h10-13,16-17,20-21,27,29H,3-9,18-19,22-23H2,1-2H3/t27-,29-. The second-order valence-electron chi connectivity index (χ2n) is 8.94. The summed E-state index contributed by atoms with van der Waals surface area (Å²) >= 11 is 0. The predicted molar refractivity (Wildman–Crippen MR) is 126 cm³/mol. The van der Waals surface area contributed by atoms with E-state index in [-0.39, 0.29) is 0 Å². The van der Waals surface area contributed by atoms with E-state index in [1.165, 1.54) is 81.8 Å². The van der Waals surface area contributed by atoms with Gasteiger partial charge in [0.25, 0.3) is 0 Å². The maximum atomic E-state index is 3.53. The van der Waals surface area contributed by atoms with Crippen LogP contribution in [0.3, 0.4) is 0 Å². The minimum absolute atomic E-state index is 0.569. The van der Waals surface area contributed by atoms with Crippen molar-refractivity contribution in [3.8, 4) is 11.8 Å². The monoisotopic (exact) mass is 386 g/mol. The first-order valence-electron chi connectivity index (χ1n) is 11.9. The quantitative estimate of drug-likeness (QED) is 0.316. The summed E-state index contributed by atoms with van der Waals surface area (Å²) in [6.45, 7) is 4.41. The molecule has 0 unspecified atom stereocenters. The van der Waals surface area contributed by atoms with Crippen molar-refractivity contribution in [2.45, 2.75) is 90.4 Å². The molecule has 0 nitrogen and oxygen atoms in total. The summed E-state index contributed by atoms with van der Waals surface area (Å²) in [4.78, 5) is 0. The van der Waals surface area contributed by atoms with Crippen molar-refractivity contribution >= 4 is 0 Å². The second kappa shape index (κ2) is 11.9. The predicted octanol–water partition coefficient (Wildman–Crippen LogP) is 8.22. The molecule has 0 amide bonds. The van der Waals surface area contributed by atoms with Gasteiger partial charge in [-0.1, -0.05) is 92.8 Å². The van der Waals surface area contributed by atoms with Crippen molar-refractivity contribution in [3.63, 3.8) is 0 Å². The van der Waals surface area contributed by atoms with Crippen LogP contribution in [0.4, 0.5) is 0 Å². The van der Waals surface area contributed by atoms with E-state index in [1.54, 1.807) is 5.56 Å². The summed E-state index contributed by atoms with van der Waals surface area (Å²) in [7, 11) is 0. The van der Waals surface area contributed by atoms with Gasteiger partial charge in [-0.05, 0) is 74.6 Å². The molecule has 0 aromatic heterocycles. The Hall–Kier alpha value is -2.00. The highest BCUT2D eigenvalue weighted by molar-refractivity contribution is 5.36. The Morgan fingerprint density at radius 2 is 1.41 bits per heavy atom. The zero-order valence-corrected chi connectivity index (χ0v) is 18.6. The molecule has 0 radical (unpaired) electrons. The molecule has 1 saturated carbocycles. The molecule has 1 aliphatic carbocycles. The number of hydrogen-bond donors (Lipinski definition) is 0. The van der Waals surface area contributed by atoms with E-state index in [1.807, 2.05) is 0 Å². The number of benzene rings is 2. The molecular weight excluding hydrogens is 348 g/mol. The van der Waals surface area contributed by atoms with Crippen LogP contribution >= 0.6 is 0 Å². The van der Waals surface area contributed by atoms with Crippen LogP contribution in [-0.4, -0.2) is 0 Å². The van der Waals surface area contributed by atoms with Gasteiger partial charge < -0.3 is 0 Å². The zero-order chi connectivity index (χ0) is 20.3. The van der Waals surface area contributed by atoms with Crippen molar-refractivity contribution < 1.29 is 0 Å². The van der Waals surface area contributed by atoms with Gasteiger partial charge in [0.2, 0.25) is 0 Å². The van der Waals surface area contributed by atoms with Gasteiger partial charge in [-0.2, -0.15) is 0 Å². The lowest BCUT2D eigenvalue weighted by Crippen LogP contribution is -2.12. The molecule has 0 bridgehead atoms. The number of unbranched alkanes of at least 4 members (excludes halogenated alkanes) is 5. The first-order valence-corrected chi connectivity index (χ1v) is 11.9. The van der Waals surface area contributed by atoms with E-state index in [0.717, 1.165) is 11.5 Å². The smallest absolute Gasteiger partial charge is 0.0245 e. The van der Waals surface area contributed by atoms with Crippen molar-refractivity contribution in [2.75, 3.05) is 0 Å². The van der Waals surface area contributed by atoms with Crippen LogP contribution in [0, 0.1) is 24.7 Å². The fourth-order valence-electron chi connectivity index (χ4n) is 4.46. The van der Waals surface area contributed by atoms with Crippen LogP contribution in [0.5, 0.6) is 0 Å². The van der Waals surface area contributed by atoms with Crippen LogP contribution in [0.2, 0.25) is 0 Å². The van der Waals surface area contributed by atoms with E-state index in [0.29, 0.717) is 5.92 Å². The lowest BCUT2D eigenvalue weighted by molar-refractivity contribution is 0.384. The second-order valence-corrected chi connectivity index (χ2v) is 8.94. The summed E-state index contributed by atoms with van der Waals surface area (Å²) in [5.74, 6) is 8.22. The highest BCUT2D eigenvalue weighted by atomic mass is 14.2. The molecule has 0 atom stereocenters. The maximum Gasteiger partial charge on any atom is 0.0245 e. The van der Waals surface area contributed by atoms with Gasteiger partial charge in [0.05, 0.1) is 0 Å².